The van der Waals surface area contributed by atoms with Gasteiger partial charge in [-0.1, -0.05) is 13.8 Å². The molecule has 25 heavy (non-hydrogen) atoms. The van der Waals surface area contributed by atoms with Crippen molar-refractivity contribution >= 4 is 5.97 Å². The van der Waals surface area contributed by atoms with E-state index < -0.39 is 0 Å². The molecule has 7 nitrogen and oxygen atoms in total. The van der Waals surface area contributed by atoms with E-state index in [1.54, 1.807) is 0 Å². The van der Waals surface area contributed by atoms with Gasteiger partial charge in [-0.25, -0.2) is 0 Å². The summed E-state index contributed by atoms with van der Waals surface area (Å²) >= 11 is 0. The normalized spacial score (nSPS) is 22.1. The molecule has 0 bridgehead atoms. The Morgan fingerprint density at radius 3 is 1.64 bits per heavy atom. The number of aliphatic hydroxyl groups excluding tert-OH is 1. The number of nitrogens with zero attached hydrogens (tertiary/aromatic N) is 4. The minimum absolute atomic E-state index is 0.186. The zero-order chi connectivity index (χ0) is 18.7. The number of rotatable bonds is 6. The molecule has 1 saturated heterocycles. The predicted molar refractivity (Wildman–Crippen MR) is 101 cm³/mol. The molecule has 1 aliphatic rings. The number of likely N-dealkylation sites (N-methyl/N-ethyl adjacent to an activating group) is 2. The Bertz CT molecular complexity index is 368. The lowest BCUT2D eigenvalue weighted by Gasteiger charge is -2.33. The molecular formula is C18H38N4O3. The summed E-state index contributed by atoms with van der Waals surface area (Å²) in [6.07, 6.45) is -0.340. The lowest BCUT2D eigenvalue weighted by molar-refractivity contribution is -0.142. The van der Waals surface area contributed by atoms with Crippen LogP contribution in [0.5, 0.6) is 0 Å². The number of carbonyl (C=O) groups is 1. The van der Waals surface area contributed by atoms with Crippen LogP contribution in [0.15, 0.2) is 0 Å². The van der Waals surface area contributed by atoms with Gasteiger partial charge in [-0.3, -0.25) is 14.6 Å². The second kappa shape index (κ2) is 12.6. The van der Waals surface area contributed by atoms with Crippen LogP contribution >= 0.6 is 0 Å². The van der Waals surface area contributed by atoms with E-state index in [2.05, 4.69) is 33.4 Å². The van der Waals surface area contributed by atoms with E-state index in [4.69, 9.17) is 4.74 Å². The molecule has 1 rings (SSSR count). The van der Waals surface area contributed by atoms with Crippen LogP contribution in [-0.4, -0.2) is 122 Å². The van der Waals surface area contributed by atoms with Crippen molar-refractivity contribution in [2.75, 3.05) is 85.6 Å². The summed E-state index contributed by atoms with van der Waals surface area (Å²) in [5.41, 5.74) is 0. The van der Waals surface area contributed by atoms with Crippen molar-refractivity contribution in [3.63, 3.8) is 0 Å². The van der Waals surface area contributed by atoms with E-state index in [9.17, 15) is 9.90 Å². The first-order chi connectivity index (χ1) is 12.0. The average molecular weight is 359 g/mol. The third kappa shape index (κ3) is 9.51. The van der Waals surface area contributed by atoms with Crippen molar-refractivity contribution in [3.8, 4) is 0 Å². The molecule has 1 aliphatic heterocycles. The molecule has 0 radical (unpaired) electrons. The number of esters is 1. The number of methoxy groups -OCH3 is 1. The van der Waals surface area contributed by atoms with Gasteiger partial charge in [0.2, 0.25) is 0 Å². The largest absolute Gasteiger partial charge is 0.468 e. The van der Waals surface area contributed by atoms with Crippen LogP contribution in [0.2, 0.25) is 0 Å². The lowest BCUT2D eigenvalue weighted by Crippen LogP contribution is -2.47. The molecule has 1 atom stereocenters. The SMILES string of the molecule is CCN1CCN(CC)CCN(CC(C)O)CCN(CC(=O)OC)CC1. The third-order valence-corrected chi connectivity index (χ3v) is 4.93. The highest BCUT2D eigenvalue weighted by atomic mass is 16.5. The highest BCUT2D eigenvalue weighted by Crippen LogP contribution is 2.02. The zero-order valence-corrected chi connectivity index (χ0v) is 16.6. The Labute approximate surface area is 153 Å². The van der Waals surface area contributed by atoms with Gasteiger partial charge >= 0.3 is 5.97 Å². The number of β-amino-alcohol motifs (C(OH)–C–C–N with tert-alkyl or cyclic N) is 1. The van der Waals surface area contributed by atoms with Crippen molar-refractivity contribution in [1.29, 1.82) is 0 Å². The smallest absolute Gasteiger partial charge is 0.319 e. The first-order valence-corrected chi connectivity index (χ1v) is 9.62. The maximum Gasteiger partial charge on any atom is 0.319 e. The first-order valence-electron chi connectivity index (χ1n) is 9.62. The van der Waals surface area contributed by atoms with E-state index in [1.807, 2.05) is 6.92 Å². The van der Waals surface area contributed by atoms with Crippen LogP contribution in [-0.2, 0) is 9.53 Å². The number of hydrogen-bond acceptors (Lipinski definition) is 7. The molecule has 1 unspecified atom stereocenters. The Hall–Kier alpha value is -0.730. The van der Waals surface area contributed by atoms with Gasteiger partial charge < -0.3 is 19.6 Å². The van der Waals surface area contributed by atoms with Crippen molar-refractivity contribution in [3.05, 3.63) is 0 Å². The van der Waals surface area contributed by atoms with Crippen molar-refractivity contribution in [2.45, 2.75) is 26.9 Å². The molecular weight excluding hydrogens is 320 g/mol. The number of ether oxygens (including phenoxy) is 1. The molecule has 1 fully saturated rings. The molecule has 1 heterocycles. The second-order valence-corrected chi connectivity index (χ2v) is 6.87. The monoisotopic (exact) mass is 358 g/mol. The van der Waals surface area contributed by atoms with E-state index in [-0.39, 0.29) is 12.1 Å². The fourth-order valence-corrected chi connectivity index (χ4v) is 3.17. The van der Waals surface area contributed by atoms with E-state index >= 15 is 0 Å². The molecule has 0 spiro atoms. The minimum atomic E-state index is -0.340. The number of aliphatic hydroxyl groups is 1. The van der Waals surface area contributed by atoms with E-state index in [1.165, 1.54) is 7.11 Å². The van der Waals surface area contributed by atoms with Gasteiger partial charge in [0.1, 0.15) is 0 Å². The molecule has 0 aromatic rings. The molecule has 148 valence electrons. The summed E-state index contributed by atoms with van der Waals surface area (Å²) in [7, 11) is 1.44. The zero-order valence-electron chi connectivity index (χ0n) is 16.6. The topological polar surface area (TPSA) is 59.5 Å². The summed E-state index contributed by atoms with van der Waals surface area (Å²) in [5.74, 6) is -0.186. The second-order valence-electron chi connectivity index (χ2n) is 6.87. The maximum atomic E-state index is 11.7. The Morgan fingerprint density at radius 1 is 0.880 bits per heavy atom. The Morgan fingerprint density at radius 2 is 1.28 bits per heavy atom. The number of hydrogen-bond donors (Lipinski definition) is 1. The van der Waals surface area contributed by atoms with Gasteiger partial charge in [-0.2, -0.15) is 0 Å². The Balaban J connectivity index is 2.75. The number of carbonyl (C=O) groups excluding carboxylic acids is 1. The molecule has 0 aromatic carbocycles. The highest BCUT2D eigenvalue weighted by Gasteiger charge is 2.18. The van der Waals surface area contributed by atoms with Gasteiger partial charge in [0.05, 0.1) is 19.8 Å². The molecule has 0 aliphatic carbocycles. The summed E-state index contributed by atoms with van der Waals surface area (Å²) in [6.45, 7) is 16.9. The summed E-state index contributed by atoms with van der Waals surface area (Å²) in [6, 6.07) is 0. The predicted octanol–water partition coefficient (Wildman–Crippen LogP) is -0.198. The van der Waals surface area contributed by atoms with Crippen molar-refractivity contribution < 1.29 is 14.6 Å². The van der Waals surface area contributed by atoms with Gasteiger partial charge in [-0.05, 0) is 20.0 Å². The van der Waals surface area contributed by atoms with Gasteiger partial charge in [0, 0.05) is 58.9 Å². The van der Waals surface area contributed by atoms with Crippen LogP contribution < -0.4 is 0 Å². The first kappa shape index (κ1) is 22.3. The van der Waals surface area contributed by atoms with Crippen LogP contribution in [0, 0.1) is 0 Å². The maximum absolute atomic E-state index is 11.7. The quantitative estimate of drug-likeness (QED) is 0.660. The molecule has 1 N–H and O–H groups in total. The fraction of sp³-hybridized carbons (Fsp3) is 0.944. The van der Waals surface area contributed by atoms with Gasteiger partial charge in [0.25, 0.3) is 0 Å². The van der Waals surface area contributed by atoms with Crippen molar-refractivity contribution in [2.24, 2.45) is 0 Å². The van der Waals surface area contributed by atoms with E-state index in [0.29, 0.717) is 13.1 Å². The summed E-state index contributed by atoms with van der Waals surface area (Å²) < 4.78 is 4.84. The summed E-state index contributed by atoms with van der Waals surface area (Å²) in [5, 5.41) is 9.78. The minimum Gasteiger partial charge on any atom is -0.468 e. The van der Waals surface area contributed by atoms with Gasteiger partial charge in [0.15, 0.2) is 0 Å². The molecule has 0 amide bonds. The fourth-order valence-electron chi connectivity index (χ4n) is 3.17. The highest BCUT2D eigenvalue weighted by molar-refractivity contribution is 5.71. The third-order valence-electron chi connectivity index (χ3n) is 4.93. The van der Waals surface area contributed by atoms with Crippen LogP contribution in [0.3, 0.4) is 0 Å². The Kier molecular flexibility index (Phi) is 11.2. The lowest BCUT2D eigenvalue weighted by atomic mass is 10.3. The van der Waals surface area contributed by atoms with Gasteiger partial charge in [-0.15, -0.1) is 0 Å². The van der Waals surface area contributed by atoms with Crippen molar-refractivity contribution in [1.82, 2.24) is 19.6 Å². The molecule has 0 saturated carbocycles. The van der Waals surface area contributed by atoms with Crippen LogP contribution in [0.4, 0.5) is 0 Å². The van der Waals surface area contributed by atoms with E-state index in [0.717, 1.165) is 65.4 Å². The van der Waals surface area contributed by atoms with Crippen LogP contribution in [0.25, 0.3) is 0 Å². The summed E-state index contributed by atoms with van der Waals surface area (Å²) in [4.78, 5) is 21.1. The molecule has 0 aromatic heterocycles. The standard InChI is InChI=1S/C18H38N4O3/c1-5-19-7-8-20(6-2)10-12-22(16-18(24)25-4)14-13-21(11-9-19)15-17(3)23/h17,23H,5-16H2,1-4H3. The average Bonchev–Trinajstić information content (AvgIpc) is 2.59. The van der Waals surface area contributed by atoms with Crippen LogP contribution in [0.1, 0.15) is 20.8 Å². The molecule has 7 heteroatoms.